The molecule has 1 saturated heterocycles. The van der Waals surface area contributed by atoms with Crippen LogP contribution in [0.15, 0.2) is 23.0 Å². The van der Waals surface area contributed by atoms with Gasteiger partial charge in [0.2, 0.25) is 11.8 Å². The summed E-state index contributed by atoms with van der Waals surface area (Å²) < 4.78 is 74.8. The van der Waals surface area contributed by atoms with Gasteiger partial charge >= 0.3 is 6.18 Å². The van der Waals surface area contributed by atoms with E-state index in [4.69, 9.17) is 4.63 Å². The van der Waals surface area contributed by atoms with E-state index in [9.17, 15) is 31.5 Å². The molecule has 0 spiro atoms. The second-order valence-electron chi connectivity index (χ2n) is 11.3. The highest BCUT2D eigenvalue weighted by atomic mass is 19.4. The number of halogens is 5. The lowest BCUT2D eigenvalue weighted by molar-refractivity contribution is -0.183. The van der Waals surface area contributed by atoms with Gasteiger partial charge in [-0.3, -0.25) is 9.59 Å². The lowest BCUT2D eigenvalue weighted by Gasteiger charge is -2.34. The molecule has 3 aromatic heterocycles. The van der Waals surface area contributed by atoms with E-state index < -0.39 is 60.7 Å². The third kappa shape index (κ3) is 5.89. The van der Waals surface area contributed by atoms with Crippen molar-refractivity contribution < 1.29 is 36.2 Å². The number of nitrogens with one attached hydrogen (secondary N) is 2. The molecule has 1 unspecified atom stereocenters. The minimum atomic E-state index is -4.42. The summed E-state index contributed by atoms with van der Waals surface area (Å²) in [6.45, 7) is -0.448. The van der Waals surface area contributed by atoms with Crippen molar-refractivity contribution in [1.82, 2.24) is 35.5 Å². The predicted octanol–water partition coefficient (Wildman–Crippen LogP) is 4.14. The van der Waals surface area contributed by atoms with Crippen LogP contribution in [-0.2, 0) is 11.2 Å². The van der Waals surface area contributed by atoms with Gasteiger partial charge in [0, 0.05) is 37.6 Å². The Labute approximate surface area is 230 Å². The third-order valence-electron chi connectivity index (χ3n) is 8.22. The average molecular weight is 582 g/mol. The normalized spacial score (nSPS) is 25.6. The van der Waals surface area contributed by atoms with E-state index in [1.165, 1.54) is 10.7 Å². The first kappa shape index (κ1) is 27.5. The molecule has 2 N–H and O–H groups in total. The molecule has 6 rings (SSSR count). The number of carbonyl (C=O) groups excluding carboxylic acids is 2. The minimum absolute atomic E-state index is 0.0139. The predicted molar refractivity (Wildman–Crippen MR) is 131 cm³/mol. The van der Waals surface area contributed by atoms with Crippen LogP contribution >= 0.6 is 0 Å². The maximum absolute atomic E-state index is 14.4. The average Bonchev–Trinajstić information content (AvgIpc) is 3.47. The van der Waals surface area contributed by atoms with Crippen molar-refractivity contribution in [3.8, 4) is 0 Å². The quantitative estimate of drug-likeness (QED) is 0.402. The second kappa shape index (κ2) is 10.3. The maximum atomic E-state index is 14.4. The van der Waals surface area contributed by atoms with Crippen molar-refractivity contribution in [2.24, 2.45) is 17.8 Å². The second-order valence-corrected chi connectivity index (χ2v) is 11.3. The Morgan fingerprint density at radius 2 is 2.02 bits per heavy atom. The van der Waals surface area contributed by atoms with Gasteiger partial charge in [0.15, 0.2) is 11.3 Å². The van der Waals surface area contributed by atoms with Gasteiger partial charge in [0.1, 0.15) is 5.69 Å². The standard InChI is InChI=1S/C26H28F5N7O3/c27-25(28)7-1-2-14(10-25)20(34-24(40)22-21(13-3-4-13)36-41-37-22)18-12-38-19(33-18)6-5-17(35-38)9-15-8-16(26(29,30)31)11-32-23(15)39/h5-6,12-16,20H,1-4,7-11H2,(H,32,39)(H,34,40)/t14-,15?,16+,20+/m1/s1. The van der Waals surface area contributed by atoms with Crippen LogP contribution in [0.2, 0.25) is 0 Å². The van der Waals surface area contributed by atoms with E-state index in [1.807, 2.05) is 0 Å². The molecule has 3 aliphatic rings. The molecule has 1 aliphatic heterocycles. The smallest absolute Gasteiger partial charge is 0.355 e. The van der Waals surface area contributed by atoms with Crippen LogP contribution in [-0.4, -0.2) is 55.4 Å². The summed E-state index contributed by atoms with van der Waals surface area (Å²) in [5, 5.41) is 17.2. The van der Waals surface area contributed by atoms with Gasteiger partial charge in [0.05, 0.1) is 29.5 Å². The Hall–Kier alpha value is -3.65. The van der Waals surface area contributed by atoms with E-state index in [1.54, 1.807) is 12.1 Å². The molecular weight excluding hydrogens is 553 g/mol. The van der Waals surface area contributed by atoms with Gasteiger partial charge in [-0.25, -0.2) is 22.9 Å². The molecule has 4 atom stereocenters. The topological polar surface area (TPSA) is 127 Å². The number of aromatic nitrogens is 5. The Morgan fingerprint density at radius 1 is 1.22 bits per heavy atom. The summed E-state index contributed by atoms with van der Waals surface area (Å²) in [7, 11) is 0. The number of piperidine rings is 1. The molecule has 0 aromatic carbocycles. The highest BCUT2D eigenvalue weighted by molar-refractivity contribution is 5.93. The summed E-state index contributed by atoms with van der Waals surface area (Å²) in [6.07, 6.45) is -1.50. The summed E-state index contributed by atoms with van der Waals surface area (Å²) in [4.78, 5) is 30.1. The molecule has 41 heavy (non-hydrogen) atoms. The van der Waals surface area contributed by atoms with Crippen molar-refractivity contribution in [1.29, 1.82) is 0 Å². The lowest BCUT2D eigenvalue weighted by Crippen LogP contribution is -2.47. The zero-order valence-corrected chi connectivity index (χ0v) is 21.8. The first-order valence-corrected chi connectivity index (χ1v) is 13.7. The Bertz CT molecular complexity index is 1450. The molecule has 3 fully saturated rings. The van der Waals surface area contributed by atoms with E-state index in [-0.39, 0.29) is 37.3 Å². The first-order chi connectivity index (χ1) is 19.5. The molecule has 220 valence electrons. The van der Waals surface area contributed by atoms with Crippen molar-refractivity contribution in [3.63, 3.8) is 0 Å². The van der Waals surface area contributed by atoms with Crippen LogP contribution in [0.1, 0.15) is 84.5 Å². The summed E-state index contributed by atoms with van der Waals surface area (Å²) in [6, 6.07) is 2.27. The molecule has 2 amide bonds. The summed E-state index contributed by atoms with van der Waals surface area (Å²) >= 11 is 0. The zero-order valence-electron chi connectivity index (χ0n) is 21.8. The van der Waals surface area contributed by atoms with E-state index in [2.05, 4.69) is 31.0 Å². The number of amides is 2. The molecule has 15 heteroatoms. The molecule has 2 aliphatic carbocycles. The van der Waals surface area contributed by atoms with Crippen LogP contribution in [0.25, 0.3) is 5.65 Å². The van der Waals surface area contributed by atoms with Crippen molar-refractivity contribution in [2.75, 3.05) is 6.54 Å². The fraction of sp³-hybridized carbons (Fsp3) is 0.615. The Kier molecular flexibility index (Phi) is 6.92. The van der Waals surface area contributed by atoms with E-state index >= 15 is 0 Å². The van der Waals surface area contributed by atoms with E-state index in [0.29, 0.717) is 29.1 Å². The first-order valence-electron chi connectivity index (χ1n) is 13.7. The maximum Gasteiger partial charge on any atom is 0.393 e. The third-order valence-corrected chi connectivity index (χ3v) is 8.22. The molecule has 2 saturated carbocycles. The van der Waals surface area contributed by atoms with Crippen LogP contribution < -0.4 is 10.6 Å². The largest absolute Gasteiger partial charge is 0.393 e. The minimum Gasteiger partial charge on any atom is -0.355 e. The number of hydrogen-bond donors (Lipinski definition) is 2. The molecule has 0 bridgehead atoms. The van der Waals surface area contributed by atoms with Gasteiger partial charge in [-0.05, 0) is 55.3 Å². The van der Waals surface area contributed by atoms with Gasteiger partial charge in [-0.15, -0.1) is 0 Å². The van der Waals surface area contributed by atoms with Crippen LogP contribution in [0.4, 0.5) is 22.0 Å². The number of alkyl halides is 5. The van der Waals surface area contributed by atoms with Crippen molar-refractivity contribution >= 4 is 17.5 Å². The SMILES string of the molecule is O=C(N[C@H](c1cn2nc(CC3C[C@H](C(F)(F)F)CNC3=O)ccc2n1)[C@@H]1CCCC(F)(F)C1)c1nonc1C1CC1. The zero-order chi connectivity index (χ0) is 28.9. The summed E-state index contributed by atoms with van der Waals surface area (Å²) in [5.74, 6) is -7.03. The number of fused-ring (bicyclic) bond motifs is 1. The molecule has 10 nitrogen and oxygen atoms in total. The Balaban J connectivity index is 1.26. The van der Waals surface area contributed by atoms with Gasteiger partial charge in [-0.2, -0.15) is 18.3 Å². The lowest BCUT2D eigenvalue weighted by atomic mass is 9.80. The van der Waals surface area contributed by atoms with Gasteiger partial charge in [0.25, 0.3) is 5.91 Å². The number of carbonyl (C=O) groups is 2. The number of rotatable bonds is 7. The Morgan fingerprint density at radius 3 is 2.76 bits per heavy atom. The van der Waals surface area contributed by atoms with Crippen LogP contribution in [0.3, 0.4) is 0 Å². The summed E-state index contributed by atoms with van der Waals surface area (Å²) in [5.41, 5.74) is 1.50. The number of imidazole rings is 1. The highest BCUT2D eigenvalue weighted by Gasteiger charge is 2.45. The van der Waals surface area contributed by atoms with Gasteiger partial charge < -0.3 is 10.6 Å². The molecule has 3 aromatic rings. The molecule has 4 heterocycles. The number of hydrogen-bond acceptors (Lipinski definition) is 7. The van der Waals surface area contributed by atoms with Crippen LogP contribution in [0, 0.1) is 17.8 Å². The fourth-order valence-corrected chi connectivity index (χ4v) is 5.89. The molecule has 0 radical (unpaired) electrons. The number of nitrogens with zero attached hydrogens (tertiary/aromatic N) is 5. The molecular formula is C26H28F5N7O3. The van der Waals surface area contributed by atoms with Crippen molar-refractivity contribution in [3.05, 3.63) is 41.1 Å². The van der Waals surface area contributed by atoms with Crippen LogP contribution in [0.5, 0.6) is 0 Å². The van der Waals surface area contributed by atoms with Gasteiger partial charge in [-0.1, -0.05) is 5.16 Å². The fourth-order valence-electron chi connectivity index (χ4n) is 5.89. The monoisotopic (exact) mass is 581 g/mol. The van der Waals surface area contributed by atoms with E-state index in [0.717, 1.165) is 12.8 Å². The highest BCUT2D eigenvalue weighted by Crippen LogP contribution is 2.43. The van der Waals surface area contributed by atoms with Crippen molar-refractivity contribution in [2.45, 2.75) is 75.4 Å².